The number of rotatable bonds is 66. The molecule has 85 heavy (non-hydrogen) atoms. The summed E-state index contributed by atoms with van der Waals surface area (Å²) >= 11 is 0. The summed E-state index contributed by atoms with van der Waals surface area (Å²) in [5.74, 6) is -0.535. The molecule has 0 radical (unpaired) electrons. The van der Waals surface area contributed by atoms with Crippen LogP contribution in [0, 0.1) is 0 Å². The number of esters is 1. The summed E-state index contributed by atoms with van der Waals surface area (Å²) in [4.78, 5) is 40.2. The molecule has 0 rings (SSSR count). The summed E-state index contributed by atoms with van der Waals surface area (Å²) in [6, 6.07) is -0.893. The molecule has 496 valence electrons. The Labute approximate surface area is 527 Å². The highest BCUT2D eigenvalue weighted by Crippen LogP contribution is 2.38. The van der Waals surface area contributed by atoms with Gasteiger partial charge in [0.05, 0.1) is 33.8 Å². The summed E-state index contributed by atoms with van der Waals surface area (Å²) in [6.07, 6.45) is 84.4. The van der Waals surface area contributed by atoms with Crippen molar-refractivity contribution in [3.63, 3.8) is 0 Å². The minimum atomic E-state index is -4.71. The van der Waals surface area contributed by atoms with Crippen LogP contribution in [0.3, 0.4) is 0 Å². The number of nitrogens with one attached hydrogen (secondary N) is 1. The molecule has 0 aliphatic rings. The first-order valence-electron chi connectivity index (χ1n) is 36.2. The van der Waals surface area contributed by atoms with E-state index in [4.69, 9.17) is 13.8 Å². The second-order valence-corrected chi connectivity index (χ2v) is 27.1. The Morgan fingerprint density at radius 3 is 1.09 bits per heavy atom. The molecule has 0 saturated heterocycles. The Morgan fingerprint density at radius 1 is 0.412 bits per heavy atom. The van der Waals surface area contributed by atoms with Gasteiger partial charge in [0.1, 0.15) is 19.3 Å². The second kappa shape index (κ2) is 64.4. The van der Waals surface area contributed by atoms with Gasteiger partial charge in [0.2, 0.25) is 5.91 Å². The first-order valence-corrected chi connectivity index (χ1v) is 37.7. The van der Waals surface area contributed by atoms with Gasteiger partial charge in [0, 0.05) is 12.8 Å². The number of unbranched alkanes of at least 4 members (excludes halogenated alkanes) is 40. The monoisotopic (exact) mass is 1210 g/mol. The standard InChI is InChI=1S/C75H139N2O7P/c1-7-10-13-16-19-22-25-28-30-32-34-36-38-40-42-44-46-49-52-55-58-61-64-67-74(78)76-72(71-83-85(80,81)82-70-69-77(4,5)6)73(66-63-60-57-54-51-48-27-24-21-18-15-12-9-3)84-75(79)68-65-62-59-56-53-50-47-45-43-41-39-37-35-33-31-29-26-23-20-17-14-11-8-2/h19-20,22-23,28-31,35,37,63,66,72-73H,7-18,21,24-27,32-34,36,38-62,64-65,67-71H2,1-6H3,(H-,76,78,80,81)/b22-19-,23-20-,30-28-,31-29-,37-35-,66-63+. The van der Waals surface area contributed by atoms with E-state index in [2.05, 4.69) is 86.8 Å². The average Bonchev–Trinajstić information content (AvgIpc) is 3.52. The Hall–Kier alpha value is -2.55. The number of hydrogen-bond acceptors (Lipinski definition) is 7. The van der Waals surface area contributed by atoms with Crippen LogP contribution in [0.25, 0.3) is 0 Å². The number of ether oxygens (including phenoxy) is 1. The molecule has 1 amide bonds. The van der Waals surface area contributed by atoms with Crippen LogP contribution in [0.1, 0.15) is 342 Å². The number of hydrogen-bond donors (Lipinski definition) is 1. The predicted molar refractivity (Wildman–Crippen MR) is 367 cm³/mol. The van der Waals surface area contributed by atoms with Gasteiger partial charge < -0.3 is 28.5 Å². The zero-order valence-electron chi connectivity index (χ0n) is 56.8. The van der Waals surface area contributed by atoms with E-state index in [1.807, 2.05) is 33.3 Å². The topological polar surface area (TPSA) is 114 Å². The molecule has 9 nitrogen and oxygen atoms in total. The van der Waals surface area contributed by atoms with Crippen molar-refractivity contribution in [3.8, 4) is 0 Å². The van der Waals surface area contributed by atoms with Crippen LogP contribution in [-0.4, -0.2) is 69.4 Å². The molecule has 0 aliphatic carbocycles. The zero-order valence-corrected chi connectivity index (χ0v) is 57.7. The maximum absolute atomic E-state index is 13.6. The smallest absolute Gasteiger partial charge is 0.306 e. The Bertz CT molecular complexity index is 1680. The lowest BCUT2D eigenvalue weighted by Crippen LogP contribution is -2.47. The molecule has 0 fully saturated rings. The van der Waals surface area contributed by atoms with Crippen LogP contribution < -0.4 is 10.2 Å². The zero-order chi connectivity index (χ0) is 62.1. The number of carbonyl (C=O) groups is 2. The van der Waals surface area contributed by atoms with Crippen molar-refractivity contribution in [2.75, 3.05) is 40.9 Å². The minimum absolute atomic E-state index is 0.0239. The van der Waals surface area contributed by atoms with E-state index >= 15 is 0 Å². The van der Waals surface area contributed by atoms with E-state index < -0.39 is 20.0 Å². The molecule has 0 bridgehead atoms. The third kappa shape index (κ3) is 65.7. The van der Waals surface area contributed by atoms with Crippen molar-refractivity contribution < 1.29 is 37.3 Å². The van der Waals surface area contributed by atoms with Crippen molar-refractivity contribution >= 4 is 19.7 Å². The first kappa shape index (κ1) is 82.5. The van der Waals surface area contributed by atoms with Gasteiger partial charge >= 0.3 is 5.97 Å². The fraction of sp³-hybridized carbons (Fsp3) is 0.813. The van der Waals surface area contributed by atoms with Gasteiger partial charge in [-0.3, -0.25) is 14.2 Å². The van der Waals surface area contributed by atoms with Gasteiger partial charge in [-0.15, -0.1) is 0 Å². The van der Waals surface area contributed by atoms with Crippen LogP contribution in [0.2, 0.25) is 0 Å². The van der Waals surface area contributed by atoms with Crippen LogP contribution in [-0.2, 0) is 27.9 Å². The molecule has 1 N–H and O–H groups in total. The van der Waals surface area contributed by atoms with Crippen molar-refractivity contribution in [2.45, 2.75) is 354 Å². The molecule has 3 atom stereocenters. The second-order valence-electron chi connectivity index (χ2n) is 25.7. The van der Waals surface area contributed by atoms with Gasteiger partial charge in [0.25, 0.3) is 7.82 Å². The number of carbonyl (C=O) groups excluding carboxylic acids is 2. The van der Waals surface area contributed by atoms with Crippen molar-refractivity contribution in [1.82, 2.24) is 5.32 Å². The molecule has 0 spiro atoms. The number of phosphoric acid groups is 1. The van der Waals surface area contributed by atoms with Crippen LogP contribution in [0.15, 0.2) is 72.9 Å². The molecule has 0 aromatic carbocycles. The SMILES string of the molecule is CCCCC/C=C\C/C=C\C/C=C\CCCCCCCCCCCCC(=O)OC(/C=C/CCCCCCCCCCCCC)C(COP(=O)([O-])OCC[N+](C)(C)C)NC(=O)CCCCCCCCCCCCCCC/C=C\C/C=C\CCCCC. The molecule has 0 heterocycles. The average molecular weight is 1210 g/mol. The van der Waals surface area contributed by atoms with E-state index in [0.717, 1.165) is 77.0 Å². The third-order valence-corrected chi connectivity index (χ3v) is 17.1. The number of amides is 1. The third-order valence-electron chi connectivity index (χ3n) is 16.1. The van der Waals surface area contributed by atoms with Gasteiger partial charge in [-0.1, -0.05) is 299 Å². The lowest BCUT2D eigenvalue weighted by molar-refractivity contribution is -0.870. The van der Waals surface area contributed by atoms with Gasteiger partial charge in [0.15, 0.2) is 0 Å². The van der Waals surface area contributed by atoms with Gasteiger partial charge in [-0.05, 0) is 102 Å². The first-order chi connectivity index (χ1) is 41.4. The number of likely N-dealkylation sites (N-methyl/N-ethyl adjacent to an activating group) is 1. The van der Waals surface area contributed by atoms with Crippen molar-refractivity contribution in [1.29, 1.82) is 0 Å². The Balaban J connectivity index is 5.10. The molecule has 3 unspecified atom stereocenters. The summed E-state index contributed by atoms with van der Waals surface area (Å²) in [5, 5.41) is 3.05. The lowest BCUT2D eigenvalue weighted by Gasteiger charge is -2.30. The van der Waals surface area contributed by atoms with Crippen molar-refractivity contribution in [2.24, 2.45) is 0 Å². The highest BCUT2D eigenvalue weighted by atomic mass is 31.2. The molecule has 0 saturated carbocycles. The Morgan fingerprint density at radius 2 is 0.718 bits per heavy atom. The van der Waals surface area contributed by atoms with E-state index in [9.17, 15) is 19.0 Å². The molecule has 0 aromatic heterocycles. The van der Waals surface area contributed by atoms with Crippen LogP contribution in [0.4, 0.5) is 0 Å². The van der Waals surface area contributed by atoms with E-state index in [0.29, 0.717) is 17.4 Å². The molecule has 0 aromatic rings. The largest absolute Gasteiger partial charge is 0.756 e. The normalized spacial score (nSPS) is 13.9. The van der Waals surface area contributed by atoms with Crippen molar-refractivity contribution in [3.05, 3.63) is 72.9 Å². The van der Waals surface area contributed by atoms with E-state index in [1.165, 1.54) is 231 Å². The van der Waals surface area contributed by atoms with Crippen LogP contribution >= 0.6 is 7.82 Å². The quantitative estimate of drug-likeness (QED) is 0.0212. The van der Waals surface area contributed by atoms with Crippen LogP contribution in [0.5, 0.6) is 0 Å². The highest BCUT2D eigenvalue weighted by molar-refractivity contribution is 7.45. The van der Waals surface area contributed by atoms with Gasteiger partial charge in [-0.25, -0.2) is 0 Å². The molecular formula is C75H139N2O7P. The number of phosphoric ester groups is 1. The number of quaternary nitrogens is 1. The lowest BCUT2D eigenvalue weighted by atomic mass is 10.0. The van der Waals surface area contributed by atoms with E-state index in [-0.39, 0.29) is 31.5 Å². The Kier molecular flexibility index (Phi) is 62.5. The molecular weight excluding hydrogens is 1070 g/mol. The van der Waals surface area contributed by atoms with Gasteiger partial charge in [-0.2, -0.15) is 0 Å². The fourth-order valence-corrected chi connectivity index (χ4v) is 11.2. The molecule has 10 heteroatoms. The highest BCUT2D eigenvalue weighted by Gasteiger charge is 2.27. The predicted octanol–water partition coefficient (Wildman–Crippen LogP) is 22.5. The van der Waals surface area contributed by atoms with E-state index in [1.54, 1.807) is 0 Å². The molecule has 0 aliphatic heterocycles. The summed E-state index contributed by atoms with van der Waals surface area (Å²) in [5.41, 5.74) is 0. The maximum atomic E-state index is 13.6. The summed E-state index contributed by atoms with van der Waals surface area (Å²) in [7, 11) is 1.19. The maximum Gasteiger partial charge on any atom is 0.306 e. The number of nitrogens with zero attached hydrogens (tertiary/aromatic N) is 1. The fourth-order valence-electron chi connectivity index (χ4n) is 10.5. The summed E-state index contributed by atoms with van der Waals surface area (Å²) < 4.78 is 30.5. The number of allylic oxidation sites excluding steroid dienone is 11. The minimum Gasteiger partial charge on any atom is -0.756 e. The summed E-state index contributed by atoms with van der Waals surface area (Å²) in [6.45, 7) is 6.83.